The van der Waals surface area contributed by atoms with Crippen molar-refractivity contribution >= 4 is 11.3 Å². The van der Waals surface area contributed by atoms with E-state index in [2.05, 4.69) is 16.2 Å². The van der Waals surface area contributed by atoms with Crippen molar-refractivity contribution in [3.63, 3.8) is 0 Å². The summed E-state index contributed by atoms with van der Waals surface area (Å²) in [4.78, 5) is 5.96. The number of ether oxygens (including phenoxy) is 1. The molecule has 0 N–H and O–H groups in total. The summed E-state index contributed by atoms with van der Waals surface area (Å²) in [6.45, 7) is 2.63. The molecule has 104 valence electrons. The minimum atomic E-state index is -0.383. The maximum atomic E-state index is 8.86. The summed E-state index contributed by atoms with van der Waals surface area (Å²) in [6.07, 6.45) is 4.13. The molecule has 20 heavy (non-hydrogen) atoms. The van der Waals surface area contributed by atoms with Crippen LogP contribution in [0.1, 0.15) is 43.3 Å². The summed E-state index contributed by atoms with van der Waals surface area (Å²) < 4.78 is 11.3. The Morgan fingerprint density at radius 2 is 2.25 bits per heavy atom. The number of nitriles is 1. The molecule has 1 aliphatic carbocycles. The largest absolute Gasteiger partial charge is 0.367 e. The fourth-order valence-electron chi connectivity index (χ4n) is 2.68. The summed E-state index contributed by atoms with van der Waals surface area (Å²) in [5, 5.41) is 13.0. The second-order valence-electron chi connectivity index (χ2n) is 4.83. The van der Waals surface area contributed by atoms with Gasteiger partial charge in [0.1, 0.15) is 16.5 Å². The van der Waals surface area contributed by atoms with E-state index in [4.69, 9.17) is 14.5 Å². The molecule has 0 saturated heterocycles. The molecule has 1 saturated carbocycles. The van der Waals surface area contributed by atoms with Crippen LogP contribution >= 0.6 is 11.3 Å². The molecule has 1 aliphatic rings. The first kappa shape index (κ1) is 13.3. The molecule has 0 atom stereocenters. The van der Waals surface area contributed by atoms with Crippen LogP contribution < -0.4 is 0 Å². The zero-order chi connectivity index (χ0) is 14.0. The Morgan fingerprint density at radius 1 is 1.45 bits per heavy atom. The fraction of sp³-hybridized carbons (Fsp3) is 0.500. The number of rotatable bonds is 4. The molecular weight excluding hydrogens is 274 g/mol. The average Bonchev–Trinajstić information content (AvgIpc) is 3.19. The minimum Gasteiger partial charge on any atom is -0.367 e. The number of hydrogen-bond acceptors (Lipinski definition) is 6. The van der Waals surface area contributed by atoms with Crippen LogP contribution in [0.2, 0.25) is 0 Å². The van der Waals surface area contributed by atoms with Gasteiger partial charge in [-0.2, -0.15) is 10.2 Å². The van der Waals surface area contributed by atoms with Crippen LogP contribution in [0.3, 0.4) is 0 Å². The van der Waals surface area contributed by atoms with E-state index in [1.54, 1.807) is 6.07 Å². The predicted molar refractivity (Wildman–Crippen MR) is 74.1 cm³/mol. The molecule has 2 aromatic rings. The van der Waals surface area contributed by atoms with E-state index in [9.17, 15) is 0 Å². The fourth-order valence-corrected chi connectivity index (χ4v) is 3.40. The van der Waals surface area contributed by atoms with Crippen LogP contribution in [-0.2, 0) is 10.3 Å². The lowest BCUT2D eigenvalue weighted by atomic mass is 10.0. The van der Waals surface area contributed by atoms with Gasteiger partial charge in [-0.25, -0.2) is 0 Å². The smallest absolute Gasteiger partial charge is 0.268 e. The molecule has 5 nitrogen and oxygen atoms in total. The van der Waals surface area contributed by atoms with Gasteiger partial charge in [-0.15, -0.1) is 11.3 Å². The highest BCUT2D eigenvalue weighted by Crippen LogP contribution is 2.41. The molecular formula is C14H15N3O2S. The lowest BCUT2D eigenvalue weighted by Gasteiger charge is -2.24. The van der Waals surface area contributed by atoms with E-state index in [1.807, 2.05) is 13.0 Å². The Hall–Kier alpha value is -1.71. The van der Waals surface area contributed by atoms with E-state index < -0.39 is 0 Å². The molecule has 0 bridgehead atoms. The highest BCUT2D eigenvalue weighted by atomic mass is 32.1. The van der Waals surface area contributed by atoms with Crippen LogP contribution in [0, 0.1) is 11.3 Å². The van der Waals surface area contributed by atoms with E-state index in [0.717, 1.165) is 30.6 Å². The van der Waals surface area contributed by atoms with Crippen LogP contribution in [0.5, 0.6) is 0 Å². The monoisotopic (exact) mass is 289 g/mol. The Balaban J connectivity index is 1.91. The van der Waals surface area contributed by atoms with Gasteiger partial charge in [-0.05, 0) is 44.7 Å². The quantitative estimate of drug-likeness (QED) is 0.861. The minimum absolute atomic E-state index is 0.383. The van der Waals surface area contributed by atoms with E-state index in [-0.39, 0.29) is 5.60 Å². The summed E-state index contributed by atoms with van der Waals surface area (Å²) in [7, 11) is 0. The van der Waals surface area contributed by atoms with Crippen molar-refractivity contribution < 1.29 is 9.26 Å². The zero-order valence-electron chi connectivity index (χ0n) is 11.3. The number of hydrogen-bond donors (Lipinski definition) is 0. The summed E-state index contributed by atoms with van der Waals surface area (Å²) >= 11 is 1.36. The van der Waals surface area contributed by atoms with Crippen molar-refractivity contribution in [2.45, 2.75) is 38.2 Å². The van der Waals surface area contributed by atoms with Gasteiger partial charge in [0, 0.05) is 6.61 Å². The van der Waals surface area contributed by atoms with Gasteiger partial charge in [0.15, 0.2) is 0 Å². The standard InChI is InChI=1S/C14H15N3O2S/c1-2-18-14(7-3-4-8-14)13-16-12(19-17-13)11-6-5-10(9-15)20-11/h5-6H,2-4,7-8H2,1H3. The van der Waals surface area contributed by atoms with Gasteiger partial charge in [-0.1, -0.05) is 5.16 Å². The van der Waals surface area contributed by atoms with Crippen molar-refractivity contribution in [2.75, 3.05) is 6.61 Å². The van der Waals surface area contributed by atoms with Crippen molar-refractivity contribution in [1.29, 1.82) is 5.26 Å². The first-order valence-corrected chi connectivity index (χ1v) is 7.57. The summed E-state index contributed by atoms with van der Waals surface area (Å²) in [5.41, 5.74) is -0.383. The van der Waals surface area contributed by atoms with Crippen molar-refractivity contribution in [2.24, 2.45) is 0 Å². The lowest BCUT2D eigenvalue weighted by Crippen LogP contribution is -2.27. The van der Waals surface area contributed by atoms with Crippen molar-refractivity contribution in [3.8, 4) is 16.8 Å². The Bertz CT molecular complexity index is 635. The second kappa shape index (κ2) is 5.35. The molecule has 0 amide bonds. The van der Waals surface area contributed by atoms with Crippen LogP contribution in [0.25, 0.3) is 10.8 Å². The summed E-state index contributed by atoms with van der Waals surface area (Å²) in [6, 6.07) is 5.71. The predicted octanol–water partition coefficient (Wildman–Crippen LogP) is 3.48. The van der Waals surface area contributed by atoms with Gasteiger partial charge in [-0.3, -0.25) is 0 Å². The Morgan fingerprint density at radius 3 is 2.90 bits per heavy atom. The first-order chi connectivity index (χ1) is 9.77. The molecule has 3 rings (SSSR count). The Labute approximate surface area is 121 Å². The van der Waals surface area contributed by atoms with Crippen LogP contribution in [0.4, 0.5) is 0 Å². The third kappa shape index (κ3) is 2.23. The van der Waals surface area contributed by atoms with Crippen molar-refractivity contribution in [3.05, 3.63) is 22.8 Å². The van der Waals surface area contributed by atoms with E-state index >= 15 is 0 Å². The van der Waals surface area contributed by atoms with Crippen LogP contribution in [-0.4, -0.2) is 16.7 Å². The van der Waals surface area contributed by atoms with E-state index in [0.29, 0.717) is 23.2 Å². The van der Waals surface area contributed by atoms with Gasteiger partial charge in [0.2, 0.25) is 5.82 Å². The number of nitrogens with zero attached hydrogens (tertiary/aromatic N) is 3. The normalized spacial score (nSPS) is 17.2. The molecule has 0 aromatic carbocycles. The van der Waals surface area contributed by atoms with Gasteiger partial charge >= 0.3 is 0 Å². The molecule has 0 radical (unpaired) electrons. The van der Waals surface area contributed by atoms with E-state index in [1.165, 1.54) is 11.3 Å². The van der Waals surface area contributed by atoms with Crippen LogP contribution in [0.15, 0.2) is 16.7 Å². The highest BCUT2D eigenvalue weighted by Gasteiger charge is 2.41. The molecule has 0 spiro atoms. The van der Waals surface area contributed by atoms with Gasteiger partial charge < -0.3 is 9.26 Å². The number of aromatic nitrogens is 2. The molecule has 2 aromatic heterocycles. The molecule has 1 fully saturated rings. The molecule has 2 heterocycles. The zero-order valence-corrected chi connectivity index (χ0v) is 12.1. The Kier molecular flexibility index (Phi) is 3.55. The third-order valence-electron chi connectivity index (χ3n) is 3.59. The maximum Gasteiger partial charge on any atom is 0.268 e. The van der Waals surface area contributed by atoms with Gasteiger partial charge in [0.25, 0.3) is 5.89 Å². The third-order valence-corrected chi connectivity index (χ3v) is 4.57. The van der Waals surface area contributed by atoms with Gasteiger partial charge in [0.05, 0.1) is 4.88 Å². The average molecular weight is 289 g/mol. The molecule has 0 unspecified atom stereocenters. The molecule has 6 heteroatoms. The maximum absolute atomic E-state index is 8.86. The highest BCUT2D eigenvalue weighted by molar-refractivity contribution is 7.15. The van der Waals surface area contributed by atoms with Crippen molar-refractivity contribution in [1.82, 2.24) is 10.1 Å². The first-order valence-electron chi connectivity index (χ1n) is 6.76. The summed E-state index contributed by atoms with van der Waals surface area (Å²) in [5.74, 6) is 1.11. The lowest BCUT2D eigenvalue weighted by molar-refractivity contribution is -0.0469. The SMILES string of the molecule is CCOC1(c2noc(-c3ccc(C#N)s3)n2)CCCC1. The topological polar surface area (TPSA) is 71.9 Å². The molecule has 0 aliphatic heterocycles. The number of thiophene rings is 1. The second-order valence-corrected chi connectivity index (χ2v) is 5.92.